The molecular formula is C18H17N5O2. The molecular weight excluding hydrogens is 318 g/mol. The molecule has 0 saturated heterocycles. The quantitative estimate of drug-likeness (QED) is 0.774. The lowest BCUT2D eigenvalue weighted by Crippen LogP contribution is -2.12. The average molecular weight is 335 g/mol. The van der Waals surface area contributed by atoms with Gasteiger partial charge in [0.25, 0.3) is 0 Å². The van der Waals surface area contributed by atoms with E-state index >= 15 is 0 Å². The van der Waals surface area contributed by atoms with Gasteiger partial charge in [-0.1, -0.05) is 11.6 Å². The van der Waals surface area contributed by atoms with E-state index in [1.165, 1.54) is 0 Å². The molecule has 7 heteroatoms. The van der Waals surface area contributed by atoms with E-state index in [-0.39, 0.29) is 24.7 Å². The number of ether oxygens (including phenoxy) is 1. The summed E-state index contributed by atoms with van der Waals surface area (Å²) in [6, 6.07) is 11.7. The molecule has 0 aliphatic carbocycles. The van der Waals surface area contributed by atoms with Gasteiger partial charge in [-0.2, -0.15) is 10.2 Å². The monoisotopic (exact) mass is 335 g/mol. The number of methoxy groups -OCH3 is 1. The summed E-state index contributed by atoms with van der Waals surface area (Å²) in [6.07, 6.45) is 2.12. The fourth-order valence-electron chi connectivity index (χ4n) is 2.50. The highest BCUT2D eigenvalue weighted by atomic mass is 16.5. The third-order valence-corrected chi connectivity index (χ3v) is 3.71. The van der Waals surface area contributed by atoms with Crippen molar-refractivity contribution in [1.82, 2.24) is 14.6 Å². The summed E-state index contributed by atoms with van der Waals surface area (Å²) >= 11 is 0. The van der Waals surface area contributed by atoms with Crippen LogP contribution in [0.15, 0.2) is 36.5 Å². The molecule has 126 valence electrons. The zero-order valence-electron chi connectivity index (χ0n) is 14.0. The Morgan fingerprint density at radius 3 is 2.96 bits per heavy atom. The van der Waals surface area contributed by atoms with E-state index in [1.807, 2.05) is 49.5 Å². The number of nitrogens with one attached hydrogen (secondary N) is 1. The second kappa shape index (κ2) is 7.01. The molecule has 0 aliphatic heterocycles. The summed E-state index contributed by atoms with van der Waals surface area (Å²) in [4.78, 5) is 16.0. The molecule has 1 amide bonds. The molecule has 25 heavy (non-hydrogen) atoms. The molecule has 0 aliphatic rings. The van der Waals surface area contributed by atoms with E-state index in [9.17, 15) is 4.79 Å². The van der Waals surface area contributed by atoms with Crippen molar-refractivity contribution >= 4 is 17.5 Å². The predicted octanol–water partition coefficient (Wildman–Crippen LogP) is 2.96. The lowest BCUT2D eigenvalue weighted by molar-refractivity contribution is -0.116. The van der Waals surface area contributed by atoms with E-state index in [4.69, 9.17) is 10.00 Å². The second-order valence-corrected chi connectivity index (χ2v) is 5.57. The van der Waals surface area contributed by atoms with Crippen molar-refractivity contribution in [3.8, 4) is 22.9 Å². The summed E-state index contributed by atoms with van der Waals surface area (Å²) in [7, 11) is 1.64. The second-order valence-electron chi connectivity index (χ2n) is 5.57. The molecule has 0 saturated carbocycles. The van der Waals surface area contributed by atoms with Gasteiger partial charge in [0.15, 0.2) is 5.65 Å². The van der Waals surface area contributed by atoms with Crippen molar-refractivity contribution in [3.05, 3.63) is 42.1 Å². The number of aryl methyl sites for hydroxylation is 1. The minimum atomic E-state index is -0.280. The van der Waals surface area contributed by atoms with Crippen LogP contribution in [0.25, 0.3) is 16.8 Å². The van der Waals surface area contributed by atoms with Crippen molar-refractivity contribution < 1.29 is 9.53 Å². The molecule has 0 spiro atoms. The molecule has 3 aromatic rings. The number of carbonyl (C=O) groups excluding carboxylic acids is 1. The van der Waals surface area contributed by atoms with Crippen LogP contribution in [-0.4, -0.2) is 27.6 Å². The van der Waals surface area contributed by atoms with Crippen molar-refractivity contribution in [3.63, 3.8) is 0 Å². The first-order chi connectivity index (χ1) is 12.1. The van der Waals surface area contributed by atoms with Crippen LogP contribution in [0.1, 0.15) is 18.4 Å². The van der Waals surface area contributed by atoms with Crippen LogP contribution in [0.3, 0.4) is 0 Å². The summed E-state index contributed by atoms with van der Waals surface area (Å²) < 4.78 is 7.04. The Morgan fingerprint density at radius 1 is 1.36 bits per heavy atom. The van der Waals surface area contributed by atoms with Gasteiger partial charge in [-0.05, 0) is 31.2 Å². The van der Waals surface area contributed by atoms with Crippen molar-refractivity contribution in [2.75, 3.05) is 12.4 Å². The standard InChI is InChI=1S/C18H17N5O2/c1-12-5-7-15(25-2)14(10-12)13-6-8-16-20-18(22-23(16)11-13)21-17(24)4-3-9-19/h5-8,10-11H,3-4H2,1-2H3,(H,21,22,24). The maximum Gasteiger partial charge on any atom is 0.249 e. The van der Waals surface area contributed by atoms with Crippen molar-refractivity contribution in [1.29, 1.82) is 5.26 Å². The highest BCUT2D eigenvalue weighted by Gasteiger charge is 2.11. The van der Waals surface area contributed by atoms with Crippen molar-refractivity contribution in [2.24, 2.45) is 0 Å². The summed E-state index contributed by atoms with van der Waals surface area (Å²) in [5.41, 5.74) is 3.63. The molecule has 0 bridgehead atoms. The number of benzene rings is 1. The number of carbonyl (C=O) groups is 1. The molecule has 0 radical (unpaired) electrons. The van der Waals surface area contributed by atoms with E-state index in [2.05, 4.69) is 15.4 Å². The van der Waals surface area contributed by atoms with Crippen LogP contribution >= 0.6 is 0 Å². The number of anilines is 1. The Balaban J connectivity index is 1.92. The summed E-state index contributed by atoms with van der Waals surface area (Å²) in [6.45, 7) is 2.02. The molecule has 0 atom stereocenters. The first kappa shape index (κ1) is 16.5. The molecule has 1 N–H and O–H groups in total. The highest BCUT2D eigenvalue weighted by Crippen LogP contribution is 2.30. The Morgan fingerprint density at radius 2 is 2.20 bits per heavy atom. The molecule has 3 rings (SSSR count). The Kier molecular flexibility index (Phi) is 4.61. The number of fused-ring (bicyclic) bond motifs is 1. The van der Waals surface area contributed by atoms with Gasteiger partial charge in [0.1, 0.15) is 5.75 Å². The Labute approximate surface area is 144 Å². The van der Waals surface area contributed by atoms with Gasteiger partial charge in [0.2, 0.25) is 11.9 Å². The number of hydrogen-bond acceptors (Lipinski definition) is 5. The van der Waals surface area contributed by atoms with Crippen LogP contribution in [0.5, 0.6) is 5.75 Å². The minimum Gasteiger partial charge on any atom is -0.496 e. The zero-order valence-corrected chi connectivity index (χ0v) is 14.0. The zero-order chi connectivity index (χ0) is 17.8. The van der Waals surface area contributed by atoms with E-state index < -0.39 is 0 Å². The third kappa shape index (κ3) is 3.58. The van der Waals surface area contributed by atoms with Gasteiger partial charge >= 0.3 is 0 Å². The molecule has 2 aromatic heterocycles. The van der Waals surface area contributed by atoms with Crippen molar-refractivity contribution in [2.45, 2.75) is 19.8 Å². The molecule has 0 fully saturated rings. The van der Waals surface area contributed by atoms with Gasteiger partial charge in [-0.15, -0.1) is 5.10 Å². The van der Waals surface area contributed by atoms with Gasteiger partial charge < -0.3 is 4.74 Å². The number of nitrogens with zero attached hydrogens (tertiary/aromatic N) is 4. The fourth-order valence-corrected chi connectivity index (χ4v) is 2.50. The minimum absolute atomic E-state index is 0.123. The number of hydrogen-bond donors (Lipinski definition) is 1. The molecule has 7 nitrogen and oxygen atoms in total. The predicted molar refractivity (Wildman–Crippen MR) is 93.2 cm³/mol. The summed E-state index contributed by atoms with van der Waals surface area (Å²) in [5.74, 6) is 0.712. The lowest BCUT2D eigenvalue weighted by atomic mass is 10.0. The Hall–Kier alpha value is -3.40. The topological polar surface area (TPSA) is 92.3 Å². The number of aromatic nitrogens is 3. The molecule has 1 aromatic carbocycles. The van der Waals surface area contributed by atoms with Gasteiger partial charge in [-0.3, -0.25) is 10.1 Å². The van der Waals surface area contributed by atoms with Gasteiger partial charge in [0.05, 0.1) is 13.2 Å². The van der Waals surface area contributed by atoms with Crippen LogP contribution in [0, 0.1) is 18.3 Å². The van der Waals surface area contributed by atoms with Gasteiger partial charge in [-0.25, -0.2) is 4.52 Å². The highest BCUT2D eigenvalue weighted by molar-refractivity contribution is 5.89. The van der Waals surface area contributed by atoms with Crippen LogP contribution in [0.2, 0.25) is 0 Å². The largest absolute Gasteiger partial charge is 0.496 e. The summed E-state index contributed by atoms with van der Waals surface area (Å²) in [5, 5.41) is 15.4. The SMILES string of the molecule is COc1ccc(C)cc1-c1ccc2nc(NC(=O)CCC#N)nn2c1. The first-order valence-corrected chi connectivity index (χ1v) is 7.79. The average Bonchev–Trinajstić information content (AvgIpc) is 3.01. The van der Waals surface area contributed by atoms with Gasteiger partial charge in [0, 0.05) is 30.2 Å². The van der Waals surface area contributed by atoms with E-state index in [0.29, 0.717) is 5.65 Å². The number of nitriles is 1. The van der Waals surface area contributed by atoms with E-state index in [1.54, 1.807) is 11.6 Å². The number of pyridine rings is 1. The number of amides is 1. The maximum absolute atomic E-state index is 11.7. The third-order valence-electron chi connectivity index (χ3n) is 3.71. The van der Waals surface area contributed by atoms with E-state index in [0.717, 1.165) is 22.4 Å². The van der Waals surface area contributed by atoms with Crippen LogP contribution in [0.4, 0.5) is 5.95 Å². The van der Waals surface area contributed by atoms with Crippen LogP contribution in [-0.2, 0) is 4.79 Å². The number of rotatable bonds is 5. The molecule has 2 heterocycles. The first-order valence-electron chi connectivity index (χ1n) is 7.79. The molecule has 0 unspecified atom stereocenters. The fraction of sp³-hybridized carbons (Fsp3) is 0.222. The smallest absolute Gasteiger partial charge is 0.249 e. The Bertz CT molecular complexity index is 971. The lowest BCUT2D eigenvalue weighted by Gasteiger charge is -2.09. The maximum atomic E-state index is 11.7. The van der Waals surface area contributed by atoms with Crippen LogP contribution < -0.4 is 10.1 Å². The normalized spacial score (nSPS) is 10.4.